The largest absolute Gasteiger partial charge is 0.484 e. The van der Waals surface area contributed by atoms with E-state index in [1.165, 1.54) is 0 Å². The monoisotopic (exact) mass is 356 g/mol. The highest BCUT2D eigenvalue weighted by molar-refractivity contribution is 5.79. The molecular formula is C22H16N2O3. The van der Waals surface area contributed by atoms with Crippen LogP contribution in [0.2, 0.25) is 0 Å². The van der Waals surface area contributed by atoms with Crippen molar-refractivity contribution in [3.63, 3.8) is 0 Å². The van der Waals surface area contributed by atoms with E-state index in [0.29, 0.717) is 11.3 Å². The van der Waals surface area contributed by atoms with Gasteiger partial charge < -0.3 is 14.8 Å². The Hall–Kier alpha value is -3.78. The Morgan fingerprint density at radius 3 is 2.15 bits per heavy atom. The Morgan fingerprint density at radius 1 is 0.963 bits per heavy atom. The van der Waals surface area contributed by atoms with Crippen LogP contribution in [0.5, 0.6) is 17.2 Å². The predicted molar refractivity (Wildman–Crippen MR) is 99.6 cm³/mol. The van der Waals surface area contributed by atoms with Crippen molar-refractivity contribution in [1.29, 1.82) is 5.26 Å². The lowest BCUT2D eigenvalue weighted by Gasteiger charge is -2.28. The zero-order valence-corrected chi connectivity index (χ0v) is 14.4. The van der Waals surface area contributed by atoms with E-state index in [1.54, 1.807) is 24.3 Å². The van der Waals surface area contributed by atoms with Crippen molar-refractivity contribution < 1.29 is 14.3 Å². The van der Waals surface area contributed by atoms with Gasteiger partial charge in [-0.25, -0.2) is 0 Å². The van der Waals surface area contributed by atoms with Crippen LogP contribution in [0.3, 0.4) is 0 Å². The third-order valence-electron chi connectivity index (χ3n) is 4.34. The minimum Gasteiger partial charge on any atom is -0.484 e. The number of para-hydroxylation sites is 2. The third-order valence-corrected chi connectivity index (χ3v) is 4.34. The van der Waals surface area contributed by atoms with E-state index in [2.05, 4.69) is 5.32 Å². The molecule has 0 saturated carbocycles. The zero-order valence-electron chi connectivity index (χ0n) is 14.4. The number of ether oxygens (including phenoxy) is 2. The summed E-state index contributed by atoms with van der Waals surface area (Å²) in [4.78, 5) is 12.5. The number of carbonyl (C=O) groups is 1. The summed E-state index contributed by atoms with van der Waals surface area (Å²) in [5, 5.41) is 11.9. The number of nitrogens with zero attached hydrogens (tertiary/aromatic N) is 1. The summed E-state index contributed by atoms with van der Waals surface area (Å²) in [6, 6.07) is 23.7. The smallest absolute Gasteiger partial charge is 0.258 e. The molecule has 1 aliphatic heterocycles. The van der Waals surface area contributed by atoms with Gasteiger partial charge in [0.2, 0.25) is 0 Å². The van der Waals surface area contributed by atoms with E-state index >= 15 is 0 Å². The van der Waals surface area contributed by atoms with Gasteiger partial charge in [0.1, 0.15) is 17.2 Å². The number of nitrogens with one attached hydrogen (secondary N) is 1. The molecule has 1 heterocycles. The standard InChI is InChI=1S/C22H16N2O3/c23-13-15-9-11-16(12-10-15)26-14-21(25)24-22-17-5-1-3-7-19(17)27-20-8-4-2-6-18(20)22/h1-12,22H,14H2,(H,24,25). The number of rotatable bonds is 4. The molecule has 0 bridgehead atoms. The number of amides is 1. The molecule has 1 aliphatic rings. The van der Waals surface area contributed by atoms with Crippen LogP contribution in [0.1, 0.15) is 22.7 Å². The Labute approximate surface area is 156 Å². The molecule has 0 unspecified atom stereocenters. The van der Waals surface area contributed by atoms with E-state index in [1.807, 2.05) is 54.6 Å². The van der Waals surface area contributed by atoms with E-state index in [9.17, 15) is 4.79 Å². The van der Waals surface area contributed by atoms with Gasteiger partial charge in [0.25, 0.3) is 5.91 Å². The van der Waals surface area contributed by atoms with Gasteiger partial charge in [-0.1, -0.05) is 36.4 Å². The van der Waals surface area contributed by atoms with Gasteiger partial charge in [-0.05, 0) is 36.4 Å². The molecule has 0 spiro atoms. The predicted octanol–water partition coefficient (Wildman–Crippen LogP) is 3.95. The summed E-state index contributed by atoms with van der Waals surface area (Å²) in [6.07, 6.45) is 0. The molecule has 0 fully saturated rings. The normalized spacial score (nSPS) is 12.1. The Morgan fingerprint density at radius 2 is 1.56 bits per heavy atom. The van der Waals surface area contributed by atoms with Gasteiger partial charge >= 0.3 is 0 Å². The first kappa shape index (κ1) is 16.7. The lowest BCUT2D eigenvalue weighted by molar-refractivity contribution is -0.123. The van der Waals surface area contributed by atoms with E-state index < -0.39 is 0 Å². The van der Waals surface area contributed by atoms with Crippen LogP contribution >= 0.6 is 0 Å². The molecule has 132 valence electrons. The summed E-state index contributed by atoms with van der Waals surface area (Å²) in [6.45, 7) is -0.117. The van der Waals surface area contributed by atoms with Crippen molar-refractivity contribution in [2.45, 2.75) is 6.04 Å². The fourth-order valence-corrected chi connectivity index (χ4v) is 3.04. The molecule has 0 saturated heterocycles. The van der Waals surface area contributed by atoms with Crippen LogP contribution < -0.4 is 14.8 Å². The summed E-state index contributed by atoms with van der Waals surface area (Å²) < 4.78 is 11.5. The van der Waals surface area contributed by atoms with Crippen LogP contribution in [-0.2, 0) is 4.79 Å². The first-order valence-electron chi connectivity index (χ1n) is 8.52. The number of carbonyl (C=O) groups excluding carboxylic acids is 1. The molecule has 0 radical (unpaired) electrons. The highest BCUT2D eigenvalue weighted by Gasteiger charge is 2.28. The van der Waals surface area contributed by atoms with Crippen LogP contribution in [-0.4, -0.2) is 12.5 Å². The fourth-order valence-electron chi connectivity index (χ4n) is 3.04. The summed E-state index contributed by atoms with van der Waals surface area (Å²) in [5.74, 6) is 1.76. The van der Waals surface area contributed by atoms with Crippen LogP contribution in [0.15, 0.2) is 72.8 Å². The molecule has 1 amide bonds. The lowest BCUT2D eigenvalue weighted by Crippen LogP contribution is -2.34. The van der Waals surface area contributed by atoms with Crippen molar-refractivity contribution in [1.82, 2.24) is 5.32 Å². The van der Waals surface area contributed by atoms with Crippen LogP contribution in [0.25, 0.3) is 0 Å². The third kappa shape index (κ3) is 3.46. The number of fused-ring (bicyclic) bond motifs is 2. The Kier molecular flexibility index (Phi) is 4.46. The van der Waals surface area contributed by atoms with Gasteiger partial charge in [-0.2, -0.15) is 5.26 Å². The summed E-state index contributed by atoms with van der Waals surface area (Å²) in [7, 11) is 0. The SMILES string of the molecule is N#Cc1ccc(OCC(=O)NC2c3ccccc3Oc3ccccc32)cc1. The number of benzene rings is 3. The van der Waals surface area contributed by atoms with Crippen LogP contribution in [0, 0.1) is 11.3 Å². The van der Waals surface area contributed by atoms with Crippen molar-refractivity contribution in [3.8, 4) is 23.3 Å². The minimum absolute atomic E-state index is 0.117. The molecule has 5 heteroatoms. The second kappa shape index (κ2) is 7.22. The highest BCUT2D eigenvalue weighted by atomic mass is 16.5. The summed E-state index contributed by atoms with van der Waals surface area (Å²) >= 11 is 0. The highest BCUT2D eigenvalue weighted by Crippen LogP contribution is 2.42. The molecular weight excluding hydrogens is 340 g/mol. The fraction of sp³-hybridized carbons (Fsp3) is 0.0909. The first-order chi connectivity index (χ1) is 13.2. The molecule has 3 aromatic carbocycles. The molecule has 4 rings (SSSR count). The van der Waals surface area contributed by atoms with Gasteiger partial charge in [-0.3, -0.25) is 4.79 Å². The van der Waals surface area contributed by atoms with Crippen molar-refractivity contribution in [2.24, 2.45) is 0 Å². The first-order valence-corrected chi connectivity index (χ1v) is 8.52. The molecule has 0 atom stereocenters. The van der Waals surface area contributed by atoms with E-state index in [0.717, 1.165) is 22.6 Å². The molecule has 3 aromatic rings. The van der Waals surface area contributed by atoms with E-state index in [4.69, 9.17) is 14.7 Å². The van der Waals surface area contributed by atoms with Gasteiger partial charge in [0.15, 0.2) is 6.61 Å². The maximum Gasteiger partial charge on any atom is 0.258 e. The van der Waals surface area contributed by atoms with Crippen molar-refractivity contribution >= 4 is 5.91 Å². The maximum absolute atomic E-state index is 12.5. The zero-order chi connectivity index (χ0) is 18.6. The Bertz CT molecular complexity index is 977. The maximum atomic E-state index is 12.5. The number of hydrogen-bond donors (Lipinski definition) is 1. The quantitative estimate of drug-likeness (QED) is 0.768. The molecule has 1 N–H and O–H groups in total. The molecule has 0 aromatic heterocycles. The summed E-state index contributed by atoms with van der Waals surface area (Å²) in [5.41, 5.74) is 2.35. The average molecular weight is 356 g/mol. The molecule has 0 aliphatic carbocycles. The van der Waals surface area contributed by atoms with Gasteiger partial charge in [0, 0.05) is 11.1 Å². The van der Waals surface area contributed by atoms with Crippen LogP contribution in [0.4, 0.5) is 0 Å². The average Bonchev–Trinajstić information content (AvgIpc) is 2.72. The number of hydrogen-bond acceptors (Lipinski definition) is 4. The second-order valence-electron chi connectivity index (χ2n) is 6.10. The Balaban J connectivity index is 1.50. The minimum atomic E-state index is -0.303. The van der Waals surface area contributed by atoms with Crippen molar-refractivity contribution in [2.75, 3.05) is 6.61 Å². The lowest BCUT2D eigenvalue weighted by atomic mass is 9.94. The van der Waals surface area contributed by atoms with E-state index in [-0.39, 0.29) is 18.6 Å². The van der Waals surface area contributed by atoms with Crippen molar-refractivity contribution in [3.05, 3.63) is 89.5 Å². The van der Waals surface area contributed by atoms with Gasteiger partial charge in [-0.15, -0.1) is 0 Å². The number of nitriles is 1. The second-order valence-corrected chi connectivity index (χ2v) is 6.10. The van der Waals surface area contributed by atoms with Gasteiger partial charge in [0.05, 0.1) is 17.7 Å². The topological polar surface area (TPSA) is 71.3 Å². The molecule has 27 heavy (non-hydrogen) atoms. The molecule has 5 nitrogen and oxygen atoms in total.